The van der Waals surface area contributed by atoms with Crippen LogP contribution in [0, 0.1) is 12.8 Å². The highest BCUT2D eigenvalue weighted by Crippen LogP contribution is 2.26. The third-order valence-electron chi connectivity index (χ3n) is 7.09. The lowest BCUT2D eigenvalue weighted by Gasteiger charge is -2.34. The first-order valence-electron chi connectivity index (χ1n) is 12.5. The average Bonchev–Trinajstić information content (AvgIpc) is 3.33. The molecular weight excluding hydrogens is 506 g/mol. The first kappa shape index (κ1) is 25.9. The van der Waals surface area contributed by atoms with Crippen LogP contribution in [-0.4, -0.2) is 74.7 Å². The van der Waals surface area contributed by atoms with E-state index in [4.69, 9.17) is 4.74 Å². The van der Waals surface area contributed by atoms with Gasteiger partial charge in [-0.1, -0.05) is 48.0 Å². The minimum Gasteiger partial charge on any atom is -0.455 e. The lowest BCUT2D eigenvalue weighted by molar-refractivity contribution is -0.155. The van der Waals surface area contributed by atoms with Crippen LogP contribution in [0.5, 0.6) is 0 Å². The van der Waals surface area contributed by atoms with Crippen LogP contribution in [0.25, 0.3) is 10.8 Å². The SMILES string of the molecule is Cc1ccc(N2C[C@@H](C(=O)OCC(=O)N3CCN(S(=O)(=O)c4ccc5ccccc5c4)CC3)CC2=O)cc1. The maximum atomic E-state index is 13.2. The molecule has 38 heavy (non-hydrogen) atoms. The number of nitrogens with zero attached hydrogens (tertiary/aromatic N) is 3. The zero-order valence-corrected chi connectivity index (χ0v) is 21.9. The van der Waals surface area contributed by atoms with E-state index >= 15 is 0 Å². The summed E-state index contributed by atoms with van der Waals surface area (Å²) < 4.78 is 33.0. The fourth-order valence-corrected chi connectivity index (χ4v) is 6.29. The maximum Gasteiger partial charge on any atom is 0.311 e. The molecule has 0 aromatic heterocycles. The van der Waals surface area contributed by atoms with Gasteiger partial charge < -0.3 is 14.5 Å². The van der Waals surface area contributed by atoms with E-state index in [0.717, 1.165) is 22.0 Å². The molecule has 2 fully saturated rings. The van der Waals surface area contributed by atoms with Gasteiger partial charge in [0.1, 0.15) is 0 Å². The van der Waals surface area contributed by atoms with Crippen molar-refractivity contribution in [1.29, 1.82) is 0 Å². The summed E-state index contributed by atoms with van der Waals surface area (Å²) in [5.41, 5.74) is 1.80. The maximum absolute atomic E-state index is 13.2. The quantitative estimate of drug-likeness (QED) is 0.450. The van der Waals surface area contributed by atoms with Gasteiger partial charge in [0.15, 0.2) is 6.61 Å². The number of ether oxygens (including phenoxy) is 1. The van der Waals surface area contributed by atoms with Crippen molar-refractivity contribution in [3.05, 3.63) is 72.3 Å². The molecule has 5 rings (SSSR count). The highest BCUT2D eigenvalue weighted by molar-refractivity contribution is 7.89. The fourth-order valence-electron chi connectivity index (χ4n) is 4.84. The van der Waals surface area contributed by atoms with E-state index in [9.17, 15) is 22.8 Å². The first-order valence-corrected chi connectivity index (χ1v) is 14.0. The number of carbonyl (C=O) groups is 3. The largest absolute Gasteiger partial charge is 0.455 e. The van der Waals surface area contributed by atoms with Crippen molar-refractivity contribution in [2.24, 2.45) is 5.92 Å². The molecule has 0 saturated carbocycles. The predicted octanol–water partition coefficient (Wildman–Crippen LogP) is 2.58. The van der Waals surface area contributed by atoms with Gasteiger partial charge in [0.2, 0.25) is 15.9 Å². The Bertz CT molecular complexity index is 1480. The van der Waals surface area contributed by atoms with Crippen LogP contribution in [0.2, 0.25) is 0 Å². The molecular formula is C28H29N3O6S. The molecule has 2 saturated heterocycles. The molecule has 198 valence electrons. The molecule has 1 atom stereocenters. The van der Waals surface area contributed by atoms with Crippen molar-refractivity contribution in [3.63, 3.8) is 0 Å². The van der Waals surface area contributed by atoms with E-state index in [2.05, 4.69) is 0 Å². The third-order valence-corrected chi connectivity index (χ3v) is 8.99. The molecule has 2 aliphatic rings. The predicted molar refractivity (Wildman–Crippen MR) is 142 cm³/mol. The number of amides is 2. The number of piperazine rings is 1. The Balaban J connectivity index is 1.12. The molecule has 2 aliphatic heterocycles. The zero-order valence-electron chi connectivity index (χ0n) is 21.1. The Hall–Kier alpha value is -3.76. The van der Waals surface area contributed by atoms with Crippen LogP contribution in [0.15, 0.2) is 71.6 Å². The molecule has 9 nitrogen and oxygen atoms in total. The number of esters is 1. The monoisotopic (exact) mass is 535 g/mol. The molecule has 0 unspecified atom stereocenters. The van der Waals surface area contributed by atoms with Crippen molar-refractivity contribution in [2.45, 2.75) is 18.2 Å². The number of hydrogen-bond acceptors (Lipinski definition) is 6. The van der Waals surface area contributed by atoms with Gasteiger partial charge in [0, 0.05) is 44.8 Å². The standard InChI is InChI=1S/C28H29N3O6S/c1-20-6-9-24(10-7-20)31-18-23(17-26(31)32)28(34)37-19-27(33)29-12-14-30(15-13-29)38(35,36)25-11-8-21-4-2-3-5-22(21)16-25/h2-11,16,23H,12-15,17-19H2,1H3/t23-/m0/s1. The molecule has 3 aromatic rings. The number of rotatable bonds is 6. The van der Waals surface area contributed by atoms with Gasteiger partial charge in [0.25, 0.3) is 5.91 Å². The Morgan fingerprint density at radius 3 is 2.32 bits per heavy atom. The summed E-state index contributed by atoms with van der Waals surface area (Å²) in [6.45, 7) is 2.43. The van der Waals surface area contributed by atoms with Gasteiger partial charge in [-0.15, -0.1) is 0 Å². The molecule has 0 bridgehead atoms. The summed E-state index contributed by atoms with van der Waals surface area (Å²) in [5.74, 6) is -1.77. The van der Waals surface area contributed by atoms with E-state index in [-0.39, 0.29) is 55.9 Å². The normalized spacial score (nSPS) is 18.7. The van der Waals surface area contributed by atoms with Crippen molar-refractivity contribution in [3.8, 4) is 0 Å². The molecule has 3 aromatic carbocycles. The van der Waals surface area contributed by atoms with Gasteiger partial charge in [-0.25, -0.2) is 8.42 Å². The Labute approximate surface area is 221 Å². The topological polar surface area (TPSA) is 104 Å². The third kappa shape index (κ3) is 5.27. The number of fused-ring (bicyclic) bond motifs is 1. The smallest absolute Gasteiger partial charge is 0.311 e. The van der Waals surface area contributed by atoms with Crippen LogP contribution in [0.4, 0.5) is 5.69 Å². The molecule has 0 aliphatic carbocycles. The summed E-state index contributed by atoms with van der Waals surface area (Å²) in [7, 11) is -3.70. The lowest BCUT2D eigenvalue weighted by atomic mass is 10.1. The van der Waals surface area contributed by atoms with Crippen molar-refractivity contribution in [1.82, 2.24) is 9.21 Å². The molecule has 10 heteroatoms. The van der Waals surface area contributed by atoms with Crippen molar-refractivity contribution in [2.75, 3.05) is 44.2 Å². The van der Waals surface area contributed by atoms with E-state index in [1.54, 1.807) is 23.1 Å². The second kappa shape index (κ2) is 10.5. The Morgan fingerprint density at radius 1 is 0.921 bits per heavy atom. The van der Waals surface area contributed by atoms with Crippen LogP contribution < -0.4 is 4.90 Å². The molecule has 2 heterocycles. The van der Waals surface area contributed by atoms with Crippen molar-refractivity contribution >= 4 is 44.3 Å². The average molecular weight is 536 g/mol. The lowest BCUT2D eigenvalue weighted by Crippen LogP contribution is -2.51. The summed E-state index contributed by atoms with van der Waals surface area (Å²) in [5, 5.41) is 1.80. The number of sulfonamides is 1. The van der Waals surface area contributed by atoms with Gasteiger partial charge in [-0.3, -0.25) is 14.4 Å². The van der Waals surface area contributed by atoms with Gasteiger partial charge in [-0.2, -0.15) is 4.31 Å². The van der Waals surface area contributed by atoms with Crippen molar-refractivity contribution < 1.29 is 27.5 Å². The number of carbonyl (C=O) groups excluding carboxylic acids is 3. The minimum atomic E-state index is -3.70. The van der Waals surface area contributed by atoms with E-state index in [0.29, 0.717) is 0 Å². The molecule has 0 spiro atoms. The Kier molecular flexibility index (Phi) is 7.18. The van der Waals surface area contributed by atoms with E-state index < -0.39 is 28.5 Å². The fraction of sp³-hybridized carbons (Fsp3) is 0.321. The summed E-state index contributed by atoms with van der Waals surface area (Å²) in [4.78, 5) is 41.0. The summed E-state index contributed by atoms with van der Waals surface area (Å²) in [6, 6.07) is 20.1. The molecule has 0 N–H and O–H groups in total. The summed E-state index contributed by atoms with van der Waals surface area (Å²) >= 11 is 0. The highest BCUT2D eigenvalue weighted by Gasteiger charge is 2.37. The first-order chi connectivity index (χ1) is 18.2. The zero-order chi connectivity index (χ0) is 26.9. The second-order valence-corrected chi connectivity index (χ2v) is 11.6. The van der Waals surface area contributed by atoms with Gasteiger partial charge >= 0.3 is 5.97 Å². The van der Waals surface area contributed by atoms with Gasteiger partial charge in [-0.05, 0) is 42.0 Å². The van der Waals surface area contributed by atoms with Crippen LogP contribution in [0.1, 0.15) is 12.0 Å². The van der Waals surface area contributed by atoms with E-state index in [1.165, 1.54) is 9.21 Å². The van der Waals surface area contributed by atoms with Crippen LogP contribution in [0.3, 0.4) is 0 Å². The second-order valence-electron chi connectivity index (χ2n) is 9.64. The van der Waals surface area contributed by atoms with Crippen LogP contribution in [-0.2, 0) is 29.1 Å². The van der Waals surface area contributed by atoms with Gasteiger partial charge in [0.05, 0.1) is 10.8 Å². The summed E-state index contributed by atoms with van der Waals surface area (Å²) in [6.07, 6.45) is 0.0339. The highest BCUT2D eigenvalue weighted by atomic mass is 32.2. The minimum absolute atomic E-state index is 0.0339. The molecule has 2 amide bonds. The van der Waals surface area contributed by atoms with E-state index in [1.807, 2.05) is 55.5 Å². The number of anilines is 1. The molecule has 0 radical (unpaired) electrons. The number of benzene rings is 3. The Morgan fingerprint density at radius 2 is 1.61 bits per heavy atom. The number of aryl methyl sites for hydroxylation is 1. The number of hydrogen-bond donors (Lipinski definition) is 0. The van der Waals surface area contributed by atoms with Crippen LogP contribution >= 0.6 is 0 Å².